The topological polar surface area (TPSA) is 46.2 Å². The Morgan fingerprint density at radius 2 is 2.00 bits per heavy atom. The number of carbonyl (C=O) groups is 2. The van der Waals surface area contributed by atoms with Gasteiger partial charge in [0.1, 0.15) is 5.82 Å². The van der Waals surface area contributed by atoms with Crippen molar-refractivity contribution >= 4 is 11.7 Å². The lowest BCUT2D eigenvalue weighted by atomic mass is 10.1. The van der Waals surface area contributed by atoms with Crippen LogP contribution in [0.4, 0.5) is 4.39 Å². The number of carbonyl (C=O) groups excluding carboxylic acids is 2. The molecular weight excluding hydrogens is 221 g/mol. The summed E-state index contributed by atoms with van der Waals surface area (Å²) in [5.74, 6) is -0.932. The molecule has 1 atom stereocenters. The molecule has 0 radical (unpaired) electrons. The van der Waals surface area contributed by atoms with E-state index in [1.807, 2.05) is 0 Å². The molecule has 0 bridgehead atoms. The number of nitrogens with one attached hydrogen (secondary N) is 1. The molecule has 0 aliphatic carbocycles. The van der Waals surface area contributed by atoms with E-state index < -0.39 is 17.8 Å². The summed E-state index contributed by atoms with van der Waals surface area (Å²) in [5.41, 5.74) is 0.905. The van der Waals surface area contributed by atoms with Gasteiger partial charge in [0, 0.05) is 12.0 Å². The molecule has 0 fully saturated rings. The smallest absolute Gasteiger partial charge is 0.251 e. The molecule has 0 heterocycles. The van der Waals surface area contributed by atoms with Crippen LogP contribution in [0.5, 0.6) is 0 Å². The summed E-state index contributed by atoms with van der Waals surface area (Å²) in [7, 11) is 0. The molecule has 4 heteroatoms. The molecule has 1 aromatic carbocycles. The molecule has 0 aromatic heterocycles. The minimum Gasteiger partial charge on any atom is -0.343 e. The first-order valence-electron chi connectivity index (χ1n) is 5.54. The predicted octanol–water partition coefficient (Wildman–Crippen LogP) is 2.23. The SMILES string of the molecule is CCC(=O)C(C)NC(=O)c1cc(C)cc(F)c1. The van der Waals surface area contributed by atoms with Crippen LogP contribution in [0.15, 0.2) is 18.2 Å². The number of halogens is 1. The Bertz CT molecular complexity index is 423. The number of benzene rings is 1. The molecule has 1 rings (SSSR count). The van der Waals surface area contributed by atoms with Crippen LogP contribution in [-0.4, -0.2) is 17.7 Å². The van der Waals surface area contributed by atoms with Crippen molar-refractivity contribution in [1.82, 2.24) is 5.32 Å². The van der Waals surface area contributed by atoms with E-state index in [1.165, 1.54) is 6.07 Å². The molecule has 1 amide bonds. The molecule has 1 aromatic rings. The van der Waals surface area contributed by atoms with Crippen molar-refractivity contribution in [3.05, 3.63) is 35.1 Å². The van der Waals surface area contributed by atoms with Gasteiger partial charge in [-0.25, -0.2) is 4.39 Å². The first-order valence-corrected chi connectivity index (χ1v) is 5.54. The maximum Gasteiger partial charge on any atom is 0.251 e. The zero-order chi connectivity index (χ0) is 13.0. The average Bonchev–Trinajstić information content (AvgIpc) is 2.26. The van der Waals surface area contributed by atoms with Crippen LogP contribution in [0.1, 0.15) is 36.2 Å². The van der Waals surface area contributed by atoms with Crippen LogP contribution in [0.3, 0.4) is 0 Å². The lowest BCUT2D eigenvalue weighted by Crippen LogP contribution is -2.38. The minimum absolute atomic E-state index is 0.0496. The lowest BCUT2D eigenvalue weighted by molar-refractivity contribution is -0.120. The third-order valence-electron chi connectivity index (χ3n) is 2.48. The largest absolute Gasteiger partial charge is 0.343 e. The predicted molar refractivity (Wildman–Crippen MR) is 63.4 cm³/mol. The van der Waals surface area contributed by atoms with E-state index in [0.29, 0.717) is 12.0 Å². The van der Waals surface area contributed by atoms with Crippen LogP contribution >= 0.6 is 0 Å². The van der Waals surface area contributed by atoms with Crippen LogP contribution in [0.2, 0.25) is 0 Å². The third-order valence-corrected chi connectivity index (χ3v) is 2.48. The number of hydrogen-bond acceptors (Lipinski definition) is 2. The first kappa shape index (κ1) is 13.4. The summed E-state index contributed by atoms with van der Waals surface area (Å²) in [6.07, 6.45) is 0.365. The Kier molecular flexibility index (Phi) is 4.37. The fourth-order valence-corrected chi connectivity index (χ4v) is 1.53. The molecule has 1 unspecified atom stereocenters. The van der Waals surface area contributed by atoms with Crippen LogP contribution in [-0.2, 0) is 4.79 Å². The van der Waals surface area contributed by atoms with Gasteiger partial charge in [-0.2, -0.15) is 0 Å². The summed E-state index contributed by atoms with van der Waals surface area (Å²) in [6.45, 7) is 5.06. The van der Waals surface area contributed by atoms with Crippen molar-refractivity contribution in [2.24, 2.45) is 0 Å². The summed E-state index contributed by atoms with van der Waals surface area (Å²) in [6, 6.07) is 3.54. The minimum atomic E-state index is -0.545. The molecule has 3 nitrogen and oxygen atoms in total. The standard InChI is InChI=1S/C13H16FNO2/c1-4-12(16)9(3)15-13(17)10-5-8(2)6-11(14)7-10/h5-7,9H,4H2,1-3H3,(H,15,17). The normalized spacial score (nSPS) is 12.0. The van der Waals surface area contributed by atoms with Gasteiger partial charge < -0.3 is 5.32 Å². The number of ketones is 1. The lowest BCUT2D eigenvalue weighted by Gasteiger charge is -2.12. The van der Waals surface area contributed by atoms with E-state index in [9.17, 15) is 14.0 Å². The van der Waals surface area contributed by atoms with E-state index in [-0.39, 0.29) is 11.3 Å². The highest BCUT2D eigenvalue weighted by molar-refractivity contribution is 5.97. The van der Waals surface area contributed by atoms with Gasteiger partial charge in [-0.05, 0) is 37.6 Å². The second-order valence-electron chi connectivity index (χ2n) is 4.03. The quantitative estimate of drug-likeness (QED) is 0.872. The summed E-state index contributed by atoms with van der Waals surface area (Å²) < 4.78 is 13.1. The first-order chi connectivity index (χ1) is 7.93. The van der Waals surface area contributed by atoms with Gasteiger partial charge in [-0.15, -0.1) is 0 Å². The van der Waals surface area contributed by atoms with Gasteiger partial charge >= 0.3 is 0 Å². The Labute approximate surface area is 100 Å². The molecule has 0 aliphatic heterocycles. The summed E-state index contributed by atoms with van der Waals surface area (Å²) in [5, 5.41) is 2.55. The number of hydrogen-bond donors (Lipinski definition) is 1. The van der Waals surface area contributed by atoms with Gasteiger partial charge in [-0.1, -0.05) is 6.92 Å². The van der Waals surface area contributed by atoms with Crippen molar-refractivity contribution in [1.29, 1.82) is 0 Å². The maximum atomic E-state index is 13.1. The number of Topliss-reactive ketones (excluding diaryl/α,β-unsaturated/α-hetero) is 1. The van der Waals surface area contributed by atoms with Gasteiger partial charge in [-0.3, -0.25) is 9.59 Å². The monoisotopic (exact) mass is 237 g/mol. The van der Waals surface area contributed by atoms with E-state index in [2.05, 4.69) is 5.32 Å². The molecule has 0 aliphatic rings. The molecule has 0 saturated carbocycles. The molecule has 0 spiro atoms. The van der Waals surface area contributed by atoms with Crippen molar-refractivity contribution in [2.45, 2.75) is 33.2 Å². The molecule has 17 heavy (non-hydrogen) atoms. The van der Waals surface area contributed by atoms with Crippen LogP contribution < -0.4 is 5.32 Å². The van der Waals surface area contributed by atoms with Gasteiger partial charge in [0.05, 0.1) is 6.04 Å². The Morgan fingerprint density at radius 1 is 1.35 bits per heavy atom. The number of amides is 1. The highest BCUT2D eigenvalue weighted by Crippen LogP contribution is 2.08. The Hall–Kier alpha value is -1.71. The molecule has 0 saturated heterocycles. The van der Waals surface area contributed by atoms with E-state index in [4.69, 9.17) is 0 Å². The van der Waals surface area contributed by atoms with Crippen LogP contribution in [0, 0.1) is 12.7 Å². The van der Waals surface area contributed by atoms with Crippen molar-refractivity contribution in [2.75, 3.05) is 0 Å². The zero-order valence-electron chi connectivity index (χ0n) is 10.2. The molecular formula is C13H16FNO2. The van der Waals surface area contributed by atoms with Gasteiger partial charge in [0.25, 0.3) is 5.91 Å². The molecule has 1 N–H and O–H groups in total. The second-order valence-corrected chi connectivity index (χ2v) is 4.03. The van der Waals surface area contributed by atoms with E-state index in [1.54, 1.807) is 26.8 Å². The summed E-state index contributed by atoms with van der Waals surface area (Å²) >= 11 is 0. The number of rotatable bonds is 4. The summed E-state index contributed by atoms with van der Waals surface area (Å²) in [4.78, 5) is 23.1. The fraction of sp³-hybridized carbons (Fsp3) is 0.385. The Morgan fingerprint density at radius 3 is 2.53 bits per heavy atom. The second kappa shape index (κ2) is 5.57. The van der Waals surface area contributed by atoms with Gasteiger partial charge in [0.2, 0.25) is 0 Å². The van der Waals surface area contributed by atoms with Gasteiger partial charge in [0.15, 0.2) is 5.78 Å². The van der Waals surface area contributed by atoms with E-state index >= 15 is 0 Å². The van der Waals surface area contributed by atoms with E-state index in [0.717, 1.165) is 6.07 Å². The highest BCUT2D eigenvalue weighted by Gasteiger charge is 2.15. The average molecular weight is 237 g/mol. The number of aryl methyl sites for hydroxylation is 1. The zero-order valence-corrected chi connectivity index (χ0v) is 10.2. The third kappa shape index (κ3) is 3.66. The maximum absolute atomic E-state index is 13.1. The van der Waals surface area contributed by atoms with Crippen molar-refractivity contribution in [3.63, 3.8) is 0 Å². The molecule has 92 valence electrons. The van der Waals surface area contributed by atoms with Crippen molar-refractivity contribution in [3.8, 4) is 0 Å². The fourth-order valence-electron chi connectivity index (χ4n) is 1.53. The van der Waals surface area contributed by atoms with Crippen molar-refractivity contribution < 1.29 is 14.0 Å². The van der Waals surface area contributed by atoms with Crippen LogP contribution in [0.25, 0.3) is 0 Å². The Balaban J connectivity index is 2.79. The highest BCUT2D eigenvalue weighted by atomic mass is 19.1.